The molecule has 0 bridgehead atoms. The number of ether oxygens (including phenoxy) is 2. The van der Waals surface area contributed by atoms with E-state index < -0.39 is 6.04 Å². The van der Waals surface area contributed by atoms with Crippen molar-refractivity contribution in [2.45, 2.75) is 25.8 Å². The third kappa shape index (κ3) is 4.36. The van der Waals surface area contributed by atoms with Crippen LogP contribution < -0.4 is 20.1 Å². The number of carbonyl (C=O) groups excluding carboxylic acids is 2. The van der Waals surface area contributed by atoms with Crippen LogP contribution in [0.15, 0.2) is 42.5 Å². The molecule has 1 unspecified atom stereocenters. The zero-order valence-electron chi connectivity index (χ0n) is 16.3. The SMILES string of the molecule is COc1ccc(NC(=O)C2CCCN2C(=O)Nc2cccc(C)c2)c(OC)c1. The molecule has 0 aromatic heterocycles. The molecule has 1 fully saturated rings. The van der Waals surface area contributed by atoms with E-state index in [0.717, 1.165) is 12.0 Å². The molecule has 3 amide bonds. The van der Waals surface area contributed by atoms with Gasteiger partial charge < -0.3 is 25.0 Å². The Kier molecular flexibility index (Phi) is 6.03. The number of hydrogen-bond donors (Lipinski definition) is 2. The van der Waals surface area contributed by atoms with Gasteiger partial charge in [0.15, 0.2) is 0 Å². The van der Waals surface area contributed by atoms with Crippen LogP contribution in [0.4, 0.5) is 16.2 Å². The van der Waals surface area contributed by atoms with E-state index in [9.17, 15) is 9.59 Å². The van der Waals surface area contributed by atoms with Crippen LogP contribution >= 0.6 is 0 Å². The molecule has 1 aliphatic rings. The molecule has 28 heavy (non-hydrogen) atoms. The Morgan fingerprint density at radius 3 is 2.61 bits per heavy atom. The van der Waals surface area contributed by atoms with Crippen molar-refractivity contribution in [3.63, 3.8) is 0 Å². The molecule has 2 aromatic rings. The summed E-state index contributed by atoms with van der Waals surface area (Å²) in [5.74, 6) is 0.900. The summed E-state index contributed by atoms with van der Waals surface area (Å²) in [5.41, 5.74) is 2.31. The summed E-state index contributed by atoms with van der Waals surface area (Å²) in [6, 6.07) is 11.9. The van der Waals surface area contributed by atoms with Gasteiger partial charge in [0.1, 0.15) is 17.5 Å². The fourth-order valence-electron chi connectivity index (χ4n) is 3.32. The number of nitrogens with zero attached hydrogens (tertiary/aromatic N) is 1. The van der Waals surface area contributed by atoms with Crippen molar-refractivity contribution in [3.8, 4) is 11.5 Å². The average Bonchev–Trinajstić information content (AvgIpc) is 3.18. The van der Waals surface area contributed by atoms with Gasteiger partial charge in [0.05, 0.1) is 19.9 Å². The molecular weight excluding hydrogens is 358 g/mol. The molecule has 3 rings (SSSR count). The summed E-state index contributed by atoms with van der Waals surface area (Å²) in [5, 5.41) is 5.75. The molecule has 1 aliphatic heterocycles. The van der Waals surface area contributed by atoms with Gasteiger partial charge in [0.25, 0.3) is 0 Å². The Hall–Kier alpha value is -3.22. The highest BCUT2D eigenvalue weighted by Gasteiger charge is 2.34. The van der Waals surface area contributed by atoms with Gasteiger partial charge in [-0.25, -0.2) is 4.79 Å². The lowest BCUT2D eigenvalue weighted by molar-refractivity contribution is -0.119. The van der Waals surface area contributed by atoms with E-state index in [-0.39, 0.29) is 11.9 Å². The molecule has 0 aliphatic carbocycles. The second-order valence-corrected chi connectivity index (χ2v) is 6.71. The first-order chi connectivity index (χ1) is 13.5. The van der Waals surface area contributed by atoms with E-state index in [4.69, 9.17) is 9.47 Å². The lowest BCUT2D eigenvalue weighted by Crippen LogP contribution is -2.45. The van der Waals surface area contributed by atoms with E-state index in [0.29, 0.717) is 35.8 Å². The highest BCUT2D eigenvalue weighted by molar-refractivity contribution is 6.00. The predicted octanol–water partition coefficient (Wildman–Crippen LogP) is 3.65. The van der Waals surface area contributed by atoms with Gasteiger partial charge in [0, 0.05) is 18.3 Å². The van der Waals surface area contributed by atoms with Gasteiger partial charge in [-0.1, -0.05) is 12.1 Å². The number of likely N-dealkylation sites (tertiary alicyclic amines) is 1. The molecule has 0 saturated carbocycles. The first-order valence-electron chi connectivity index (χ1n) is 9.19. The summed E-state index contributed by atoms with van der Waals surface area (Å²) in [6.07, 6.45) is 1.39. The molecular formula is C21H25N3O4. The lowest BCUT2D eigenvalue weighted by Gasteiger charge is -2.24. The summed E-state index contributed by atoms with van der Waals surface area (Å²) in [7, 11) is 3.10. The second kappa shape index (κ2) is 8.65. The molecule has 7 nitrogen and oxygen atoms in total. The molecule has 1 heterocycles. The maximum Gasteiger partial charge on any atom is 0.322 e. The average molecular weight is 383 g/mol. The van der Waals surface area contributed by atoms with E-state index in [1.54, 1.807) is 30.2 Å². The monoisotopic (exact) mass is 383 g/mol. The number of aryl methyl sites for hydroxylation is 1. The summed E-state index contributed by atoms with van der Waals surface area (Å²) in [6.45, 7) is 2.50. The fraction of sp³-hybridized carbons (Fsp3) is 0.333. The molecule has 0 spiro atoms. The third-order valence-corrected chi connectivity index (χ3v) is 4.75. The first kappa shape index (κ1) is 19.5. The number of methoxy groups -OCH3 is 2. The van der Waals surface area contributed by atoms with E-state index in [1.165, 1.54) is 7.11 Å². The maximum absolute atomic E-state index is 12.8. The van der Waals surface area contributed by atoms with Gasteiger partial charge >= 0.3 is 6.03 Å². The molecule has 0 radical (unpaired) electrons. The van der Waals surface area contributed by atoms with Crippen LogP contribution in [0, 0.1) is 6.92 Å². The molecule has 1 atom stereocenters. The van der Waals surface area contributed by atoms with Crippen LogP contribution in [-0.2, 0) is 4.79 Å². The van der Waals surface area contributed by atoms with E-state index in [1.807, 2.05) is 31.2 Å². The van der Waals surface area contributed by atoms with Crippen molar-refractivity contribution in [2.24, 2.45) is 0 Å². The number of anilines is 2. The zero-order chi connectivity index (χ0) is 20.1. The first-order valence-corrected chi connectivity index (χ1v) is 9.19. The van der Waals surface area contributed by atoms with Crippen molar-refractivity contribution in [3.05, 3.63) is 48.0 Å². The van der Waals surface area contributed by atoms with Crippen LogP contribution in [0.25, 0.3) is 0 Å². The highest BCUT2D eigenvalue weighted by Crippen LogP contribution is 2.30. The van der Waals surface area contributed by atoms with Crippen molar-refractivity contribution in [1.82, 2.24) is 4.90 Å². The van der Waals surface area contributed by atoms with Crippen molar-refractivity contribution in [2.75, 3.05) is 31.4 Å². The van der Waals surface area contributed by atoms with Crippen molar-refractivity contribution >= 4 is 23.3 Å². The van der Waals surface area contributed by atoms with Gasteiger partial charge in [-0.2, -0.15) is 0 Å². The summed E-state index contributed by atoms with van der Waals surface area (Å²) < 4.78 is 10.5. The third-order valence-electron chi connectivity index (χ3n) is 4.75. The van der Waals surface area contributed by atoms with Gasteiger partial charge in [-0.15, -0.1) is 0 Å². The van der Waals surface area contributed by atoms with Crippen LogP contribution in [0.1, 0.15) is 18.4 Å². The zero-order valence-corrected chi connectivity index (χ0v) is 16.3. The van der Waals surface area contributed by atoms with Gasteiger partial charge in [0.2, 0.25) is 5.91 Å². The Morgan fingerprint density at radius 2 is 1.89 bits per heavy atom. The van der Waals surface area contributed by atoms with Crippen molar-refractivity contribution < 1.29 is 19.1 Å². The standard InChI is InChI=1S/C21H25N3O4/c1-14-6-4-7-15(12-14)22-21(26)24-11-5-8-18(24)20(25)23-17-10-9-16(27-2)13-19(17)28-3/h4,6-7,9-10,12-13,18H,5,8,11H2,1-3H3,(H,22,26)(H,23,25). The quantitative estimate of drug-likeness (QED) is 0.826. The van der Waals surface area contributed by atoms with Crippen LogP contribution in [0.3, 0.4) is 0 Å². The Balaban J connectivity index is 1.70. The predicted molar refractivity (Wildman–Crippen MR) is 108 cm³/mol. The summed E-state index contributed by atoms with van der Waals surface area (Å²) >= 11 is 0. The number of rotatable bonds is 5. The normalized spacial score (nSPS) is 15.8. The van der Waals surface area contributed by atoms with E-state index >= 15 is 0 Å². The second-order valence-electron chi connectivity index (χ2n) is 6.71. The fourth-order valence-corrected chi connectivity index (χ4v) is 3.32. The topological polar surface area (TPSA) is 79.9 Å². The summed E-state index contributed by atoms with van der Waals surface area (Å²) in [4.78, 5) is 27.1. The van der Waals surface area contributed by atoms with Gasteiger partial charge in [-0.3, -0.25) is 4.79 Å². The lowest BCUT2D eigenvalue weighted by atomic mass is 10.2. The number of amides is 3. The number of nitrogens with one attached hydrogen (secondary N) is 2. The minimum absolute atomic E-state index is 0.236. The minimum atomic E-state index is -0.531. The largest absolute Gasteiger partial charge is 0.497 e. The molecule has 1 saturated heterocycles. The van der Waals surface area contributed by atoms with Crippen LogP contribution in [-0.4, -0.2) is 43.6 Å². The Morgan fingerprint density at radius 1 is 1.07 bits per heavy atom. The number of carbonyl (C=O) groups is 2. The minimum Gasteiger partial charge on any atom is -0.497 e. The number of hydrogen-bond acceptors (Lipinski definition) is 4. The molecule has 2 aromatic carbocycles. The molecule has 2 N–H and O–H groups in total. The number of benzene rings is 2. The highest BCUT2D eigenvalue weighted by atomic mass is 16.5. The Bertz CT molecular complexity index is 868. The molecule has 7 heteroatoms. The smallest absolute Gasteiger partial charge is 0.322 e. The molecule has 148 valence electrons. The maximum atomic E-state index is 12.8. The van der Waals surface area contributed by atoms with Gasteiger partial charge in [-0.05, 0) is 49.6 Å². The van der Waals surface area contributed by atoms with E-state index in [2.05, 4.69) is 10.6 Å². The van der Waals surface area contributed by atoms with Crippen LogP contribution in [0.2, 0.25) is 0 Å². The Labute approximate surface area is 164 Å². The number of urea groups is 1. The van der Waals surface area contributed by atoms with Crippen LogP contribution in [0.5, 0.6) is 11.5 Å². The van der Waals surface area contributed by atoms with Crippen molar-refractivity contribution in [1.29, 1.82) is 0 Å².